The Morgan fingerprint density at radius 1 is 1.35 bits per heavy atom. The summed E-state index contributed by atoms with van der Waals surface area (Å²) in [6, 6.07) is 8.70. The summed E-state index contributed by atoms with van der Waals surface area (Å²) in [5, 5.41) is 3.03. The molecular formula is C13H12BrClN4O. The van der Waals surface area contributed by atoms with Crippen LogP contribution in [0, 0.1) is 6.92 Å². The minimum Gasteiger partial charge on any atom is -0.320 e. The van der Waals surface area contributed by atoms with Gasteiger partial charge in [-0.15, -0.1) is 0 Å². The van der Waals surface area contributed by atoms with Gasteiger partial charge in [0.1, 0.15) is 11.5 Å². The molecule has 1 aromatic carbocycles. The van der Waals surface area contributed by atoms with Crippen molar-refractivity contribution in [1.29, 1.82) is 0 Å². The number of amides is 1. The second-order valence-electron chi connectivity index (χ2n) is 4.08. The van der Waals surface area contributed by atoms with Crippen LogP contribution in [-0.4, -0.2) is 10.9 Å². The first-order chi connectivity index (χ1) is 9.51. The van der Waals surface area contributed by atoms with Gasteiger partial charge in [0.05, 0.1) is 5.02 Å². The highest BCUT2D eigenvalue weighted by Gasteiger charge is 2.14. The van der Waals surface area contributed by atoms with Gasteiger partial charge in [-0.1, -0.05) is 27.5 Å². The van der Waals surface area contributed by atoms with Crippen LogP contribution in [0.3, 0.4) is 0 Å². The summed E-state index contributed by atoms with van der Waals surface area (Å²) in [5.41, 5.74) is 4.12. The molecular weight excluding hydrogens is 344 g/mol. The van der Waals surface area contributed by atoms with Gasteiger partial charge in [0.2, 0.25) is 0 Å². The van der Waals surface area contributed by atoms with Gasteiger partial charge in [-0.25, -0.2) is 10.8 Å². The lowest BCUT2D eigenvalue weighted by atomic mass is 10.2. The molecule has 4 N–H and O–H groups in total. The Bertz CT molecular complexity index is 663. The number of benzene rings is 1. The van der Waals surface area contributed by atoms with Crippen molar-refractivity contribution >= 4 is 44.9 Å². The molecule has 0 unspecified atom stereocenters. The highest BCUT2D eigenvalue weighted by molar-refractivity contribution is 9.10. The molecule has 0 aliphatic heterocycles. The summed E-state index contributed by atoms with van der Waals surface area (Å²) in [6.07, 6.45) is 0. The summed E-state index contributed by atoms with van der Waals surface area (Å²) in [5.74, 6) is 5.25. The first-order valence-electron chi connectivity index (χ1n) is 5.72. The van der Waals surface area contributed by atoms with E-state index in [1.165, 1.54) is 0 Å². The van der Waals surface area contributed by atoms with Gasteiger partial charge in [0, 0.05) is 10.2 Å². The number of nitrogens with two attached hydrogens (primary N) is 1. The van der Waals surface area contributed by atoms with Crippen molar-refractivity contribution < 1.29 is 4.79 Å². The van der Waals surface area contributed by atoms with Crippen LogP contribution in [0.5, 0.6) is 0 Å². The summed E-state index contributed by atoms with van der Waals surface area (Å²) in [7, 11) is 0. The largest absolute Gasteiger partial charge is 0.320 e. The Morgan fingerprint density at radius 2 is 2.10 bits per heavy atom. The lowest BCUT2D eigenvalue weighted by molar-refractivity contribution is 0.102. The number of anilines is 2. The number of rotatable bonds is 3. The Kier molecular flexibility index (Phi) is 4.59. The van der Waals surface area contributed by atoms with Gasteiger partial charge in [0.25, 0.3) is 5.91 Å². The van der Waals surface area contributed by atoms with E-state index < -0.39 is 5.91 Å². The highest BCUT2D eigenvalue weighted by Crippen LogP contribution is 2.22. The SMILES string of the molecule is Cc1cc(Br)ccc1NC(=O)c1nc(NN)ccc1Cl. The Labute approximate surface area is 129 Å². The molecule has 0 aliphatic carbocycles. The number of halogens is 2. The Morgan fingerprint density at radius 3 is 2.75 bits per heavy atom. The fourth-order valence-electron chi connectivity index (χ4n) is 1.63. The molecule has 0 bridgehead atoms. The molecule has 1 amide bonds. The summed E-state index contributed by atoms with van der Waals surface area (Å²) in [4.78, 5) is 16.2. The molecule has 0 fully saturated rings. The number of pyridine rings is 1. The van der Waals surface area contributed by atoms with Crippen LogP contribution in [0.2, 0.25) is 5.02 Å². The van der Waals surface area contributed by atoms with Crippen molar-refractivity contribution in [3.05, 3.63) is 51.1 Å². The maximum atomic E-state index is 12.2. The zero-order valence-corrected chi connectivity index (χ0v) is 12.9. The predicted octanol–water partition coefficient (Wildman–Crippen LogP) is 3.34. The smallest absolute Gasteiger partial charge is 0.275 e. The van der Waals surface area contributed by atoms with E-state index in [1.54, 1.807) is 18.2 Å². The van der Waals surface area contributed by atoms with E-state index in [1.807, 2.05) is 19.1 Å². The van der Waals surface area contributed by atoms with Gasteiger partial charge in [-0.05, 0) is 42.8 Å². The van der Waals surface area contributed by atoms with E-state index in [0.29, 0.717) is 11.5 Å². The molecule has 0 saturated heterocycles. The lowest BCUT2D eigenvalue weighted by Crippen LogP contribution is -2.17. The third kappa shape index (κ3) is 3.27. The maximum absolute atomic E-state index is 12.2. The van der Waals surface area contributed by atoms with Crippen molar-refractivity contribution in [3.63, 3.8) is 0 Å². The van der Waals surface area contributed by atoms with Crippen LogP contribution >= 0.6 is 27.5 Å². The van der Waals surface area contributed by atoms with E-state index in [0.717, 1.165) is 10.0 Å². The van der Waals surface area contributed by atoms with Gasteiger partial charge in [-0.3, -0.25) is 4.79 Å². The van der Waals surface area contributed by atoms with Crippen LogP contribution in [0.15, 0.2) is 34.8 Å². The van der Waals surface area contributed by atoms with Crippen LogP contribution in [0.1, 0.15) is 16.1 Å². The van der Waals surface area contributed by atoms with Crippen LogP contribution in [0.25, 0.3) is 0 Å². The average molecular weight is 356 g/mol. The second kappa shape index (κ2) is 6.21. The molecule has 0 spiro atoms. The number of aryl methyl sites for hydroxylation is 1. The van der Waals surface area contributed by atoms with E-state index in [9.17, 15) is 4.79 Å². The molecule has 0 atom stereocenters. The summed E-state index contributed by atoms with van der Waals surface area (Å²) in [6.45, 7) is 1.90. The predicted molar refractivity (Wildman–Crippen MR) is 83.9 cm³/mol. The van der Waals surface area contributed by atoms with E-state index in [2.05, 4.69) is 31.7 Å². The number of hydrogen-bond acceptors (Lipinski definition) is 4. The first kappa shape index (κ1) is 14.8. The Hall–Kier alpha value is -1.63. The van der Waals surface area contributed by atoms with Gasteiger partial charge < -0.3 is 10.7 Å². The number of nitrogens with one attached hydrogen (secondary N) is 2. The highest BCUT2D eigenvalue weighted by atomic mass is 79.9. The second-order valence-corrected chi connectivity index (χ2v) is 5.41. The van der Waals surface area contributed by atoms with E-state index in [-0.39, 0.29) is 10.7 Å². The monoisotopic (exact) mass is 354 g/mol. The number of aromatic nitrogens is 1. The quantitative estimate of drug-likeness (QED) is 0.583. The molecule has 104 valence electrons. The van der Waals surface area contributed by atoms with Crippen molar-refractivity contribution in [3.8, 4) is 0 Å². The number of carbonyl (C=O) groups is 1. The number of hydrogen-bond donors (Lipinski definition) is 3. The zero-order chi connectivity index (χ0) is 14.7. The van der Waals surface area contributed by atoms with E-state index in [4.69, 9.17) is 17.4 Å². The average Bonchev–Trinajstić information content (AvgIpc) is 2.42. The first-order valence-corrected chi connectivity index (χ1v) is 6.89. The number of nitrogen functional groups attached to an aromatic ring is 1. The maximum Gasteiger partial charge on any atom is 0.275 e. The fourth-order valence-corrected chi connectivity index (χ4v) is 2.30. The third-order valence-electron chi connectivity index (χ3n) is 2.65. The summed E-state index contributed by atoms with van der Waals surface area (Å²) >= 11 is 9.35. The minimum absolute atomic E-state index is 0.115. The lowest BCUT2D eigenvalue weighted by Gasteiger charge is -2.10. The number of nitrogens with zero attached hydrogens (tertiary/aromatic N) is 1. The molecule has 2 aromatic rings. The van der Waals surface area contributed by atoms with Crippen LogP contribution < -0.4 is 16.6 Å². The topological polar surface area (TPSA) is 80.0 Å². The molecule has 2 rings (SSSR count). The molecule has 5 nitrogen and oxygen atoms in total. The van der Waals surface area contributed by atoms with Crippen molar-refractivity contribution in [2.45, 2.75) is 6.92 Å². The number of hydrazine groups is 1. The van der Waals surface area contributed by atoms with Crippen molar-refractivity contribution in [2.75, 3.05) is 10.7 Å². The van der Waals surface area contributed by atoms with Gasteiger partial charge in [0.15, 0.2) is 0 Å². The third-order valence-corrected chi connectivity index (χ3v) is 3.44. The standard InChI is InChI=1S/C13H12BrClN4O/c1-7-6-8(14)2-4-10(7)17-13(20)12-9(15)3-5-11(18-12)19-16/h2-6H,16H2,1H3,(H,17,20)(H,18,19). The Balaban J connectivity index is 2.28. The molecule has 0 radical (unpaired) electrons. The molecule has 20 heavy (non-hydrogen) atoms. The molecule has 0 aliphatic rings. The fraction of sp³-hybridized carbons (Fsp3) is 0.0769. The molecule has 1 heterocycles. The van der Waals surface area contributed by atoms with Gasteiger partial charge >= 0.3 is 0 Å². The molecule has 1 aromatic heterocycles. The van der Waals surface area contributed by atoms with Gasteiger partial charge in [-0.2, -0.15) is 0 Å². The molecule has 7 heteroatoms. The van der Waals surface area contributed by atoms with Crippen LogP contribution in [-0.2, 0) is 0 Å². The van der Waals surface area contributed by atoms with Crippen molar-refractivity contribution in [1.82, 2.24) is 4.98 Å². The van der Waals surface area contributed by atoms with Crippen LogP contribution in [0.4, 0.5) is 11.5 Å². The molecule has 0 saturated carbocycles. The van der Waals surface area contributed by atoms with E-state index >= 15 is 0 Å². The van der Waals surface area contributed by atoms with Crippen molar-refractivity contribution in [2.24, 2.45) is 5.84 Å². The normalized spacial score (nSPS) is 10.2. The summed E-state index contributed by atoms with van der Waals surface area (Å²) < 4.78 is 0.943. The minimum atomic E-state index is -0.391. The zero-order valence-electron chi connectivity index (χ0n) is 10.6. The number of carbonyl (C=O) groups excluding carboxylic acids is 1.